The van der Waals surface area contributed by atoms with Crippen LogP contribution in [0.3, 0.4) is 0 Å². The van der Waals surface area contributed by atoms with Crippen molar-refractivity contribution >= 4 is 17.3 Å². The summed E-state index contributed by atoms with van der Waals surface area (Å²) in [6.45, 7) is 4.13. The van der Waals surface area contributed by atoms with E-state index in [0.29, 0.717) is 13.2 Å². The minimum atomic E-state index is 0.706. The molecule has 1 aliphatic rings. The van der Waals surface area contributed by atoms with E-state index in [4.69, 9.17) is 21.1 Å². The first-order chi connectivity index (χ1) is 10.2. The van der Waals surface area contributed by atoms with Crippen molar-refractivity contribution in [2.75, 3.05) is 18.5 Å². The molecule has 0 aliphatic carbocycles. The summed E-state index contributed by atoms with van der Waals surface area (Å²) >= 11 is 6.13. The second-order valence-electron chi connectivity index (χ2n) is 5.15. The van der Waals surface area contributed by atoms with E-state index < -0.39 is 0 Å². The van der Waals surface area contributed by atoms with E-state index in [-0.39, 0.29) is 0 Å². The molecular weight excluding hydrogens is 286 g/mol. The average Bonchev–Trinajstić information content (AvgIpc) is 2.73. The van der Waals surface area contributed by atoms with E-state index in [1.807, 2.05) is 37.3 Å². The van der Waals surface area contributed by atoms with E-state index in [9.17, 15) is 0 Å². The minimum absolute atomic E-state index is 0.706. The first-order valence-corrected chi connectivity index (χ1v) is 7.49. The van der Waals surface area contributed by atoms with E-state index >= 15 is 0 Å². The highest BCUT2D eigenvalue weighted by Crippen LogP contribution is 2.30. The van der Waals surface area contributed by atoms with E-state index in [1.165, 1.54) is 0 Å². The van der Waals surface area contributed by atoms with Crippen molar-refractivity contribution in [1.82, 2.24) is 0 Å². The van der Waals surface area contributed by atoms with Gasteiger partial charge >= 0.3 is 0 Å². The first-order valence-electron chi connectivity index (χ1n) is 7.11. The van der Waals surface area contributed by atoms with Crippen LogP contribution in [0.1, 0.15) is 17.5 Å². The van der Waals surface area contributed by atoms with Crippen LogP contribution < -0.4 is 14.8 Å². The lowest BCUT2D eigenvalue weighted by atomic mass is 10.2. The smallest absolute Gasteiger partial charge is 0.161 e. The summed E-state index contributed by atoms with van der Waals surface area (Å²) in [4.78, 5) is 0. The topological polar surface area (TPSA) is 30.5 Å². The summed E-state index contributed by atoms with van der Waals surface area (Å²) in [5.74, 6) is 1.66. The second kappa shape index (κ2) is 6.27. The van der Waals surface area contributed by atoms with Gasteiger partial charge in [-0.1, -0.05) is 23.7 Å². The van der Waals surface area contributed by atoms with Gasteiger partial charge < -0.3 is 14.8 Å². The van der Waals surface area contributed by atoms with Gasteiger partial charge in [0.25, 0.3) is 0 Å². The number of hydrogen-bond acceptors (Lipinski definition) is 3. The van der Waals surface area contributed by atoms with Crippen molar-refractivity contribution in [2.24, 2.45) is 0 Å². The Kier molecular flexibility index (Phi) is 4.20. The Morgan fingerprint density at radius 2 is 1.86 bits per heavy atom. The van der Waals surface area contributed by atoms with Gasteiger partial charge in [0.1, 0.15) is 0 Å². The normalized spacial score (nSPS) is 13.6. The molecule has 0 amide bonds. The molecule has 2 aromatic carbocycles. The Labute approximate surface area is 129 Å². The minimum Gasteiger partial charge on any atom is -0.490 e. The molecular formula is C17H18ClNO2. The monoisotopic (exact) mass is 303 g/mol. The van der Waals surface area contributed by atoms with Crippen LogP contribution in [0.25, 0.3) is 0 Å². The molecule has 21 heavy (non-hydrogen) atoms. The predicted octanol–water partition coefficient (Wildman–Crippen LogP) is 4.42. The Morgan fingerprint density at radius 3 is 2.67 bits per heavy atom. The fraction of sp³-hybridized carbons (Fsp3) is 0.294. The molecule has 1 heterocycles. The van der Waals surface area contributed by atoms with Gasteiger partial charge in [0.15, 0.2) is 11.5 Å². The molecule has 2 aromatic rings. The summed E-state index contributed by atoms with van der Waals surface area (Å²) in [7, 11) is 0. The highest BCUT2D eigenvalue weighted by atomic mass is 35.5. The zero-order valence-corrected chi connectivity index (χ0v) is 12.7. The quantitative estimate of drug-likeness (QED) is 0.910. The van der Waals surface area contributed by atoms with Crippen LogP contribution in [0.2, 0.25) is 5.02 Å². The van der Waals surface area contributed by atoms with Crippen LogP contribution in [0, 0.1) is 6.92 Å². The summed E-state index contributed by atoms with van der Waals surface area (Å²) in [6, 6.07) is 12.0. The number of anilines is 1. The molecule has 0 bridgehead atoms. The van der Waals surface area contributed by atoms with Crippen molar-refractivity contribution in [3.8, 4) is 11.5 Å². The largest absolute Gasteiger partial charge is 0.490 e. The Morgan fingerprint density at radius 1 is 1.05 bits per heavy atom. The number of hydrogen-bond donors (Lipinski definition) is 1. The van der Waals surface area contributed by atoms with Crippen molar-refractivity contribution in [2.45, 2.75) is 19.9 Å². The van der Waals surface area contributed by atoms with Crippen LogP contribution in [0.5, 0.6) is 11.5 Å². The summed E-state index contributed by atoms with van der Waals surface area (Å²) in [5, 5.41) is 4.15. The highest BCUT2D eigenvalue weighted by Gasteiger charge is 2.10. The lowest BCUT2D eigenvalue weighted by molar-refractivity contribution is 0.297. The van der Waals surface area contributed by atoms with Crippen molar-refractivity contribution in [1.29, 1.82) is 0 Å². The molecule has 0 atom stereocenters. The molecule has 0 aromatic heterocycles. The van der Waals surface area contributed by atoms with Crippen LogP contribution in [-0.2, 0) is 6.54 Å². The Balaban J connectivity index is 1.70. The number of aryl methyl sites for hydroxylation is 1. The predicted molar refractivity (Wildman–Crippen MR) is 85.6 cm³/mol. The van der Waals surface area contributed by atoms with Crippen molar-refractivity contribution < 1.29 is 9.47 Å². The molecule has 0 radical (unpaired) electrons. The van der Waals surface area contributed by atoms with Gasteiger partial charge in [-0.25, -0.2) is 0 Å². The Hall–Kier alpha value is -1.87. The number of halogens is 1. The SMILES string of the molecule is Cc1ccc(NCc2ccc3c(c2)OCCCO3)cc1Cl. The van der Waals surface area contributed by atoms with Crippen LogP contribution in [-0.4, -0.2) is 13.2 Å². The molecule has 0 saturated heterocycles. The summed E-state index contributed by atoms with van der Waals surface area (Å²) in [6.07, 6.45) is 0.921. The van der Waals surface area contributed by atoms with E-state index in [2.05, 4.69) is 11.4 Å². The lowest BCUT2D eigenvalue weighted by Gasteiger charge is -2.11. The molecule has 0 fully saturated rings. The van der Waals surface area contributed by atoms with Gasteiger partial charge in [-0.2, -0.15) is 0 Å². The maximum atomic E-state index is 6.13. The fourth-order valence-corrected chi connectivity index (χ4v) is 2.41. The molecule has 0 unspecified atom stereocenters. The molecule has 1 aliphatic heterocycles. The summed E-state index contributed by atoms with van der Waals surface area (Å²) in [5.41, 5.74) is 3.24. The highest BCUT2D eigenvalue weighted by molar-refractivity contribution is 6.31. The number of ether oxygens (including phenoxy) is 2. The van der Waals surface area contributed by atoms with Crippen LogP contribution in [0.4, 0.5) is 5.69 Å². The molecule has 0 spiro atoms. The standard InChI is InChI=1S/C17H18ClNO2/c1-12-3-5-14(10-15(12)18)19-11-13-4-6-16-17(9-13)21-8-2-7-20-16/h3-6,9-10,19H,2,7-8,11H2,1H3. The summed E-state index contributed by atoms with van der Waals surface area (Å²) < 4.78 is 11.3. The van der Waals surface area contributed by atoms with Gasteiger partial charge in [0.05, 0.1) is 13.2 Å². The molecule has 1 N–H and O–H groups in total. The average molecular weight is 304 g/mol. The van der Waals surface area contributed by atoms with Crippen molar-refractivity contribution in [3.05, 3.63) is 52.5 Å². The van der Waals surface area contributed by atoms with Crippen LogP contribution in [0.15, 0.2) is 36.4 Å². The Bertz CT molecular complexity index is 643. The van der Waals surface area contributed by atoms with Crippen LogP contribution >= 0.6 is 11.6 Å². The van der Waals surface area contributed by atoms with Gasteiger partial charge in [-0.3, -0.25) is 0 Å². The van der Waals surface area contributed by atoms with Gasteiger partial charge in [-0.05, 0) is 42.3 Å². The zero-order chi connectivity index (χ0) is 14.7. The molecule has 0 saturated carbocycles. The molecule has 4 heteroatoms. The maximum absolute atomic E-state index is 6.13. The van der Waals surface area contributed by atoms with E-state index in [0.717, 1.165) is 46.3 Å². The third-order valence-electron chi connectivity index (χ3n) is 3.48. The maximum Gasteiger partial charge on any atom is 0.161 e. The second-order valence-corrected chi connectivity index (χ2v) is 5.56. The van der Waals surface area contributed by atoms with Gasteiger partial charge in [0, 0.05) is 23.7 Å². The fourth-order valence-electron chi connectivity index (χ4n) is 2.22. The van der Waals surface area contributed by atoms with Crippen molar-refractivity contribution in [3.63, 3.8) is 0 Å². The third kappa shape index (κ3) is 3.42. The van der Waals surface area contributed by atoms with Gasteiger partial charge in [0.2, 0.25) is 0 Å². The number of nitrogens with one attached hydrogen (secondary N) is 1. The molecule has 110 valence electrons. The number of fused-ring (bicyclic) bond motifs is 1. The molecule has 3 nitrogen and oxygen atoms in total. The number of benzene rings is 2. The zero-order valence-electron chi connectivity index (χ0n) is 12.0. The molecule has 3 rings (SSSR count). The lowest BCUT2D eigenvalue weighted by Crippen LogP contribution is -2.00. The number of rotatable bonds is 3. The third-order valence-corrected chi connectivity index (χ3v) is 3.89. The van der Waals surface area contributed by atoms with Gasteiger partial charge in [-0.15, -0.1) is 0 Å². The van der Waals surface area contributed by atoms with E-state index in [1.54, 1.807) is 0 Å². The first kappa shape index (κ1) is 14.1.